The standard InChI is InChI=1S/C31H29ClF3N7O3S.C4F6O2/c32-25-18-37-30-39-23-13-20(16-36-17-23)5-6-21-15-22(38-29(25)41-30)7-8-26(21)40-28(43)14-19-9-11-42(12-10-19)46(44,45)27-4-2-1-3-24(27)31(33,34)35;5-3(6,7)1(11)2(12)4(8,9)10/h1-4,7-8,13,15-19H,5-6,9-12,14H2,(H,40,43)(H2,37,38,39,41);. The molecule has 6 bridgehead atoms. The third-order valence-electron chi connectivity index (χ3n) is 8.70. The Balaban J connectivity index is 0.000000464. The average molecular weight is 866 g/mol. The SMILES string of the molecule is O=C(C(=O)C(F)(F)F)C(F)(F)F.O=C(CC1CCN(S(=O)(=O)c2ccccc2C(F)(F)F)CC1)Nc1ccc2cc1CCc1cncc(c1)Nc1ncc(Cl)c(n1)N2. The number of ketones is 2. The van der Waals surface area contributed by atoms with Crippen LogP contribution in [0.4, 0.5) is 68.3 Å². The van der Waals surface area contributed by atoms with Crippen LogP contribution in [-0.4, -0.2) is 70.6 Å². The van der Waals surface area contributed by atoms with E-state index in [9.17, 15) is 62.3 Å². The number of Topliss-reactive ketones (excluding diaryl/α,β-unsaturated/α-hetero) is 2. The maximum atomic E-state index is 13.5. The molecule has 2 aliphatic heterocycles. The van der Waals surface area contributed by atoms with Gasteiger partial charge in [0.15, 0.2) is 5.82 Å². The van der Waals surface area contributed by atoms with Gasteiger partial charge in [0, 0.05) is 37.1 Å². The summed E-state index contributed by atoms with van der Waals surface area (Å²) in [6.45, 7) is 0.0424. The Hall–Kier alpha value is -5.35. The molecule has 2 aromatic carbocycles. The van der Waals surface area contributed by atoms with Gasteiger partial charge in [-0.25, -0.2) is 13.4 Å². The number of fused-ring (bicyclic) bond motifs is 6. The summed E-state index contributed by atoms with van der Waals surface area (Å²) in [4.78, 5) is 44.7. The number of piperidine rings is 1. The lowest BCUT2D eigenvalue weighted by Gasteiger charge is -2.31. The molecule has 1 saturated heterocycles. The molecular formula is C35H29ClF9N7O5S. The molecule has 1 fully saturated rings. The van der Waals surface area contributed by atoms with E-state index in [1.165, 1.54) is 12.3 Å². The molecule has 12 nitrogen and oxygen atoms in total. The van der Waals surface area contributed by atoms with E-state index in [-0.39, 0.29) is 31.3 Å². The van der Waals surface area contributed by atoms with Crippen LogP contribution in [0.15, 0.2) is 72.0 Å². The van der Waals surface area contributed by atoms with Crippen LogP contribution in [0.3, 0.4) is 0 Å². The summed E-state index contributed by atoms with van der Waals surface area (Å²) in [5.41, 5.74) is 2.70. The zero-order valence-electron chi connectivity index (χ0n) is 29.4. The third kappa shape index (κ3) is 11.0. The van der Waals surface area contributed by atoms with Crippen molar-refractivity contribution in [2.24, 2.45) is 5.92 Å². The molecule has 0 radical (unpaired) electrons. The van der Waals surface area contributed by atoms with Crippen molar-refractivity contribution in [2.75, 3.05) is 29.0 Å². The number of pyridine rings is 1. The first-order valence-electron chi connectivity index (χ1n) is 16.8. The molecule has 4 heterocycles. The molecule has 310 valence electrons. The minimum absolute atomic E-state index is 0.0212. The molecule has 0 saturated carbocycles. The van der Waals surface area contributed by atoms with Crippen molar-refractivity contribution >= 4 is 67.9 Å². The van der Waals surface area contributed by atoms with E-state index in [1.807, 2.05) is 12.1 Å². The Morgan fingerprint density at radius 3 is 2.12 bits per heavy atom. The molecule has 23 heteroatoms. The molecule has 0 atom stereocenters. The Bertz CT molecular complexity index is 2280. The fourth-order valence-electron chi connectivity index (χ4n) is 5.89. The Labute approximate surface area is 328 Å². The van der Waals surface area contributed by atoms with Crippen molar-refractivity contribution in [3.8, 4) is 0 Å². The van der Waals surface area contributed by atoms with Crippen LogP contribution in [0, 0.1) is 5.92 Å². The van der Waals surface area contributed by atoms with E-state index in [2.05, 4.69) is 30.9 Å². The maximum absolute atomic E-state index is 13.5. The van der Waals surface area contributed by atoms with Gasteiger partial charge in [-0.05, 0) is 79.1 Å². The number of anilines is 5. The highest BCUT2D eigenvalue weighted by Crippen LogP contribution is 2.37. The Kier molecular flexibility index (Phi) is 13.0. The van der Waals surface area contributed by atoms with Crippen molar-refractivity contribution in [3.05, 3.63) is 88.8 Å². The number of alkyl halides is 9. The molecule has 3 N–H and O–H groups in total. The smallest absolute Gasteiger partial charge is 0.339 e. The molecule has 0 spiro atoms. The number of aryl methyl sites for hydroxylation is 2. The lowest BCUT2D eigenvalue weighted by Crippen LogP contribution is -2.39. The highest BCUT2D eigenvalue weighted by atomic mass is 35.5. The van der Waals surface area contributed by atoms with Gasteiger partial charge in [-0.15, -0.1) is 0 Å². The number of carbonyl (C=O) groups excluding carboxylic acids is 3. The van der Waals surface area contributed by atoms with Crippen molar-refractivity contribution < 1.29 is 62.3 Å². The number of hydrogen-bond donors (Lipinski definition) is 3. The second kappa shape index (κ2) is 17.2. The quantitative estimate of drug-likeness (QED) is 0.129. The third-order valence-corrected chi connectivity index (χ3v) is 10.9. The molecule has 6 rings (SSSR count). The van der Waals surface area contributed by atoms with Crippen molar-refractivity contribution in [1.29, 1.82) is 0 Å². The van der Waals surface area contributed by atoms with Crippen molar-refractivity contribution in [3.63, 3.8) is 0 Å². The number of rotatable bonds is 6. The number of nitrogens with zero attached hydrogens (tertiary/aromatic N) is 4. The maximum Gasteiger partial charge on any atom is 0.458 e. The molecule has 1 amide bonds. The number of benzene rings is 2. The number of aromatic nitrogens is 3. The van der Waals surface area contributed by atoms with Crippen LogP contribution in [0.1, 0.15) is 36.0 Å². The van der Waals surface area contributed by atoms with Gasteiger partial charge in [-0.2, -0.15) is 48.8 Å². The first-order valence-corrected chi connectivity index (χ1v) is 18.7. The predicted octanol–water partition coefficient (Wildman–Crippen LogP) is 7.81. The highest BCUT2D eigenvalue weighted by Gasteiger charge is 2.54. The first-order chi connectivity index (χ1) is 27.0. The Morgan fingerprint density at radius 1 is 0.828 bits per heavy atom. The fraction of sp³-hybridized carbons (Fsp3) is 0.314. The minimum atomic E-state index is -5.77. The molecule has 0 unspecified atom stereocenters. The summed E-state index contributed by atoms with van der Waals surface area (Å²) in [6.07, 6.45) is -9.36. The van der Waals surface area contributed by atoms with Crippen LogP contribution in [0.2, 0.25) is 5.02 Å². The number of sulfonamides is 1. The second-order valence-corrected chi connectivity index (χ2v) is 15.2. The van der Waals surface area contributed by atoms with E-state index in [0.29, 0.717) is 59.5 Å². The number of hydrogen-bond acceptors (Lipinski definition) is 10. The largest absolute Gasteiger partial charge is 0.458 e. The zero-order chi connectivity index (χ0) is 42.6. The topological polar surface area (TPSA) is 163 Å². The van der Waals surface area contributed by atoms with Gasteiger partial charge in [-0.1, -0.05) is 23.7 Å². The van der Waals surface area contributed by atoms with Crippen LogP contribution in [0.5, 0.6) is 0 Å². The van der Waals surface area contributed by atoms with Gasteiger partial charge in [0.25, 0.3) is 0 Å². The lowest BCUT2D eigenvalue weighted by molar-refractivity contribution is -0.193. The lowest BCUT2D eigenvalue weighted by atomic mass is 9.94. The molecule has 58 heavy (non-hydrogen) atoms. The molecule has 2 aliphatic rings. The van der Waals surface area contributed by atoms with E-state index in [1.54, 1.807) is 24.5 Å². The fourth-order valence-corrected chi connectivity index (χ4v) is 7.71. The van der Waals surface area contributed by atoms with Gasteiger partial charge in [0.2, 0.25) is 21.9 Å². The van der Waals surface area contributed by atoms with Gasteiger partial charge in [0.05, 0.1) is 28.5 Å². The number of carbonyl (C=O) groups is 3. The average Bonchev–Trinajstić information content (AvgIpc) is 3.15. The van der Waals surface area contributed by atoms with Crippen LogP contribution < -0.4 is 16.0 Å². The number of amides is 1. The summed E-state index contributed by atoms with van der Waals surface area (Å²) in [5, 5.41) is 9.69. The van der Waals surface area contributed by atoms with E-state index < -0.39 is 50.6 Å². The molecular weight excluding hydrogens is 837 g/mol. The van der Waals surface area contributed by atoms with Gasteiger partial charge in [0.1, 0.15) is 5.02 Å². The van der Waals surface area contributed by atoms with E-state index in [0.717, 1.165) is 33.6 Å². The Morgan fingerprint density at radius 2 is 1.48 bits per heavy atom. The minimum Gasteiger partial charge on any atom is -0.339 e. The molecule has 0 aliphatic carbocycles. The summed E-state index contributed by atoms with van der Waals surface area (Å²) in [7, 11) is -4.36. The molecule has 2 aromatic heterocycles. The van der Waals surface area contributed by atoms with E-state index in [4.69, 9.17) is 11.6 Å². The number of halogens is 10. The van der Waals surface area contributed by atoms with Crippen molar-refractivity contribution in [2.45, 2.75) is 55.5 Å². The zero-order valence-corrected chi connectivity index (χ0v) is 31.0. The second-order valence-electron chi connectivity index (χ2n) is 12.8. The summed E-state index contributed by atoms with van der Waals surface area (Å²) >= 11 is 6.35. The first kappa shape index (κ1) is 43.8. The van der Waals surface area contributed by atoms with Crippen LogP contribution >= 0.6 is 11.6 Å². The highest BCUT2D eigenvalue weighted by molar-refractivity contribution is 7.89. The summed E-state index contributed by atoms with van der Waals surface area (Å²) in [5.74, 6) is -6.43. The predicted molar refractivity (Wildman–Crippen MR) is 190 cm³/mol. The molecule has 4 aromatic rings. The van der Waals surface area contributed by atoms with Gasteiger partial charge in [-0.3, -0.25) is 19.4 Å². The summed E-state index contributed by atoms with van der Waals surface area (Å²) < 4.78 is 135. The van der Waals surface area contributed by atoms with Crippen LogP contribution in [0.25, 0.3) is 0 Å². The van der Waals surface area contributed by atoms with Gasteiger partial charge >= 0.3 is 30.1 Å². The van der Waals surface area contributed by atoms with Crippen molar-refractivity contribution in [1.82, 2.24) is 19.3 Å². The van der Waals surface area contributed by atoms with Crippen LogP contribution in [-0.2, 0) is 43.4 Å². The summed E-state index contributed by atoms with van der Waals surface area (Å²) in [6, 6.07) is 11.6. The normalized spacial score (nSPS) is 15.2. The monoisotopic (exact) mass is 865 g/mol. The number of nitrogens with one attached hydrogen (secondary N) is 3. The van der Waals surface area contributed by atoms with E-state index >= 15 is 0 Å². The van der Waals surface area contributed by atoms with Gasteiger partial charge < -0.3 is 16.0 Å².